The zero-order chi connectivity index (χ0) is 15.6. The minimum atomic E-state index is -4.32. The van der Waals surface area contributed by atoms with E-state index in [-0.39, 0.29) is 18.5 Å². The molecule has 1 aliphatic heterocycles. The summed E-state index contributed by atoms with van der Waals surface area (Å²) < 4.78 is 39.6. The van der Waals surface area contributed by atoms with Gasteiger partial charge in [-0.3, -0.25) is 0 Å². The summed E-state index contributed by atoms with van der Waals surface area (Å²) in [6, 6.07) is 4.66. The Balaban J connectivity index is 2.26. The van der Waals surface area contributed by atoms with Gasteiger partial charge in [0.25, 0.3) is 0 Å². The number of nitrogens with two attached hydrogens (primary N) is 1. The summed E-state index contributed by atoms with van der Waals surface area (Å²) in [4.78, 5) is 2.06. The van der Waals surface area contributed by atoms with E-state index >= 15 is 0 Å². The van der Waals surface area contributed by atoms with Crippen molar-refractivity contribution in [1.29, 1.82) is 0 Å². The maximum Gasteiger partial charge on any atom is 0.416 e. The lowest BCUT2D eigenvalue weighted by molar-refractivity contribution is -0.138. The number of hydrogen-bond acceptors (Lipinski definition) is 2. The molecule has 1 aromatic rings. The van der Waals surface area contributed by atoms with E-state index in [1.54, 1.807) is 12.1 Å². The van der Waals surface area contributed by atoms with Gasteiger partial charge in [-0.25, -0.2) is 0 Å². The van der Waals surface area contributed by atoms with Gasteiger partial charge >= 0.3 is 6.18 Å². The highest BCUT2D eigenvalue weighted by atomic mass is 19.4. The van der Waals surface area contributed by atoms with Gasteiger partial charge in [-0.1, -0.05) is 19.9 Å². The average Bonchev–Trinajstić information content (AvgIpc) is 2.88. The minimum Gasteiger partial charge on any atom is -0.371 e. The zero-order valence-electron chi connectivity index (χ0n) is 12.6. The molecule has 1 aromatic carbocycles. The first-order chi connectivity index (χ1) is 9.82. The Morgan fingerprint density at radius 3 is 2.57 bits per heavy atom. The first-order valence-electron chi connectivity index (χ1n) is 7.48. The van der Waals surface area contributed by atoms with E-state index < -0.39 is 11.7 Å². The quantitative estimate of drug-likeness (QED) is 0.919. The fourth-order valence-corrected chi connectivity index (χ4v) is 2.96. The standard InChI is InChI=1S/C16H23F3N2/c1-11(2)13-6-8-21(10-13)14-4-3-12(5-7-20)15(9-14)16(17,18)19/h3-4,9,11,13H,5-8,10,20H2,1-2H3. The summed E-state index contributed by atoms with van der Waals surface area (Å²) in [6.45, 7) is 6.22. The van der Waals surface area contributed by atoms with Crippen LogP contribution >= 0.6 is 0 Å². The van der Waals surface area contributed by atoms with E-state index in [1.807, 2.05) is 0 Å². The highest BCUT2D eigenvalue weighted by Crippen LogP contribution is 2.36. The highest BCUT2D eigenvalue weighted by molar-refractivity contribution is 5.52. The van der Waals surface area contributed by atoms with Crippen LogP contribution in [0.5, 0.6) is 0 Å². The Hall–Kier alpha value is -1.23. The largest absolute Gasteiger partial charge is 0.416 e. The average molecular weight is 300 g/mol. The molecule has 2 N–H and O–H groups in total. The maximum atomic E-state index is 13.2. The number of anilines is 1. The van der Waals surface area contributed by atoms with Crippen molar-refractivity contribution in [1.82, 2.24) is 0 Å². The first-order valence-corrected chi connectivity index (χ1v) is 7.48. The van der Waals surface area contributed by atoms with E-state index in [0.717, 1.165) is 19.5 Å². The molecule has 1 saturated heterocycles. The highest BCUT2D eigenvalue weighted by Gasteiger charge is 2.34. The van der Waals surface area contributed by atoms with Gasteiger partial charge < -0.3 is 10.6 Å². The third kappa shape index (κ3) is 3.70. The molecule has 0 amide bonds. The molecular weight excluding hydrogens is 277 g/mol. The van der Waals surface area contributed by atoms with Crippen molar-refractivity contribution in [3.63, 3.8) is 0 Å². The fraction of sp³-hybridized carbons (Fsp3) is 0.625. The van der Waals surface area contributed by atoms with E-state index in [9.17, 15) is 13.2 Å². The molecule has 0 spiro atoms. The molecule has 1 aliphatic rings. The van der Waals surface area contributed by atoms with Crippen LogP contribution in [0.3, 0.4) is 0 Å². The molecule has 1 atom stereocenters. The van der Waals surface area contributed by atoms with Crippen molar-refractivity contribution in [2.24, 2.45) is 17.6 Å². The van der Waals surface area contributed by atoms with Crippen molar-refractivity contribution < 1.29 is 13.2 Å². The van der Waals surface area contributed by atoms with Gasteiger partial charge in [0.05, 0.1) is 5.56 Å². The third-order valence-electron chi connectivity index (χ3n) is 4.35. The third-order valence-corrected chi connectivity index (χ3v) is 4.35. The molecule has 0 aromatic heterocycles. The van der Waals surface area contributed by atoms with Crippen LogP contribution in [0, 0.1) is 11.8 Å². The molecule has 2 nitrogen and oxygen atoms in total. The maximum absolute atomic E-state index is 13.2. The summed E-state index contributed by atoms with van der Waals surface area (Å²) in [5.74, 6) is 1.12. The molecule has 1 fully saturated rings. The van der Waals surface area contributed by atoms with Crippen LogP contribution in [-0.2, 0) is 12.6 Å². The van der Waals surface area contributed by atoms with Gasteiger partial charge in [0, 0.05) is 18.8 Å². The number of hydrogen-bond donors (Lipinski definition) is 1. The zero-order valence-corrected chi connectivity index (χ0v) is 12.6. The summed E-state index contributed by atoms with van der Waals surface area (Å²) in [6.07, 6.45) is -3.02. The topological polar surface area (TPSA) is 29.3 Å². The summed E-state index contributed by atoms with van der Waals surface area (Å²) in [5, 5.41) is 0. The van der Waals surface area contributed by atoms with Gasteiger partial charge in [0.2, 0.25) is 0 Å². The molecule has 21 heavy (non-hydrogen) atoms. The van der Waals surface area contributed by atoms with Crippen molar-refractivity contribution in [2.75, 3.05) is 24.5 Å². The molecule has 0 aliphatic carbocycles. The van der Waals surface area contributed by atoms with Crippen molar-refractivity contribution in [2.45, 2.75) is 32.9 Å². The normalized spacial score (nSPS) is 19.6. The van der Waals surface area contributed by atoms with Crippen LogP contribution < -0.4 is 10.6 Å². The van der Waals surface area contributed by atoms with Gasteiger partial charge in [-0.05, 0) is 48.9 Å². The summed E-state index contributed by atoms with van der Waals surface area (Å²) in [5.41, 5.74) is 5.82. The van der Waals surface area contributed by atoms with E-state index in [2.05, 4.69) is 18.7 Å². The van der Waals surface area contributed by atoms with Gasteiger partial charge in [-0.15, -0.1) is 0 Å². The Bertz CT molecular complexity index is 483. The molecule has 1 unspecified atom stereocenters. The van der Waals surface area contributed by atoms with Crippen molar-refractivity contribution >= 4 is 5.69 Å². The molecule has 0 bridgehead atoms. The minimum absolute atomic E-state index is 0.224. The van der Waals surface area contributed by atoms with Crippen LogP contribution in [-0.4, -0.2) is 19.6 Å². The lowest BCUT2D eigenvalue weighted by Crippen LogP contribution is -2.22. The number of rotatable bonds is 4. The second-order valence-electron chi connectivity index (χ2n) is 6.12. The smallest absolute Gasteiger partial charge is 0.371 e. The second-order valence-corrected chi connectivity index (χ2v) is 6.12. The Labute approximate surface area is 124 Å². The van der Waals surface area contributed by atoms with Crippen LogP contribution in [0.15, 0.2) is 18.2 Å². The predicted molar refractivity (Wildman–Crippen MR) is 79.4 cm³/mol. The van der Waals surface area contributed by atoms with Gasteiger partial charge in [0.1, 0.15) is 0 Å². The van der Waals surface area contributed by atoms with Crippen LogP contribution in [0.4, 0.5) is 18.9 Å². The number of nitrogens with zero attached hydrogens (tertiary/aromatic N) is 1. The van der Waals surface area contributed by atoms with E-state index in [0.29, 0.717) is 17.5 Å². The molecular formula is C16H23F3N2. The molecule has 1 heterocycles. The number of benzene rings is 1. The predicted octanol–water partition coefficient (Wildman–Crippen LogP) is 3.69. The number of halogens is 3. The molecule has 5 heteroatoms. The van der Waals surface area contributed by atoms with Crippen molar-refractivity contribution in [3.8, 4) is 0 Å². The monoisotopic (exact) mass is 300 g/mol. The Morgan fingerprint density at radius 1 is 1.33 bits per heavy atom. The molecule has 0 saturated carbocycles. The Morgan fingerprint density at radius 2 is 2.05 bits per heavy atom. The van der Waals surface area contributed by atoms with Crippen LogP contribution in [0.25, 0.3) is 0 Å². The van der Waals surface area contributed by atoms with Crippen LogP contribution in [0.1, 0.15) is 31.4 Å². The van der Waals surface area contributed by atoms with Gasteiger partial charge in [0.15, 0.2) is 0 Å². The summed E-state index contributed by atoms with van der Waals surface area (Å²) >= 11 is 0. The van der Waals surface area contributed by atoms with E-state index in [4.69, 9.17) is 5.73 Å². The second kappa shape index (κ2) is 6.26. The van der Waals surface area contributed by atoms with Gasteiger partial charge in [-0.2, -0.15) is 13.2 Å². The van der Waals surface area contributed by atoms with E-state index in [1.165, 1.54) is 6.07 Å². The SMILES string of the molecule is CC(C)C1CCN(c2ccc(CCN)c(C(F)(F)F)c2)C1. The lowest BCUT2D eigenvalue weighted by Gasteiger charge is -2.22. The molecule has 2 rings (SSSR count). The van der Waals surface area contributed by atoms with Crippen LogP contribution in [0.2, 0.25) is 0 Å². The Kier molecular flexibility index (Phi) is 4.81. The summed E-state index contributed by atoms with van der Waals surface area (Å²) in [7, 11) is 0. The van der Waals surface area contributed by atoms with Crippen molar-refractivity contribution in [3.05, 3.63) is 29.3 Å². The lowest BCUT2D eigenvalue weighted by atomic mass is 9.95. The number of alkyl halides is 3. The first kappa shape index (κ1) is 16.1. The molecule has 118 valence electrons. The molecule has 0 radical (unpaired) electrons. The fourth-order valence-electron chi connectivity index (χ4n) is 2.96.